The van der Waals surface area contributed by atoms with Crippen molar-refractivity contribution >= 4 is 14.5 Å². The van der Waals surface area contributed by atoms with Gasteiger partial charge in [-0.1, -0.05) is 0 Å². The molecule has 0 bridgehead atoms. The fraction of sp³-hybridized carbons (Fsp3) is 0.933. The zero-order valence-corrected chi connectivity index (χ0v) is 14.5. The van der Waals surface area contributed by atoms with Crippen LogP contribution in [0.5, 0.6) is 0 Å². The van der Waals surface area contributed by atoms with Crippen LogP contribution in [0.4, 0.5) is 0 Å². The van der Waals surface area contributed by atoms with Gasteiger partial charge < -0.3 is 13.3 Å². The molecule has 0 amide bonds. The molecular formula is C15H31NO3Si. The van der Waals surface area contributed by atoms with Gasteiger partial charge in [0.05, 0.1) is 0 Å². The number of hydrogen-bond donors (Lipinski definition) is 0. The van der Waals surface area contributed by atoms with Crippen LogP contribution < -0.4 is 0 Å². The van der Waals surface area contributed by atoms with E-state index >= 15 is 0 Å². The van der Waals surface area contributed by atoms with Gasteiger partial charge in [-0.2, -0.15) is 0 Å². The van der Waals surface area contributed by atoms with Gasteiger partial charge >= 0.3 is 8.80 Å². The van der Waals surface area contributed by atoms with E-state index in [0.717, 1.165) is 25.4 Å². The highest BCUT2D eigenvalue weighted by Gasteiger charge is 2.39. The van der Waals surface area contributed by atoms with Crippen molar-refractivity contribution in [1.29, 1.82) is 0 Å². The van der Waals surface area contributed by atoms with E-state index in [2.05, 4.69) is 0 Å². The maximum atomic E-state index is 5.85. The van der Waals surface area contributed by atoms with E-state index in [1.54, 1.807) is 0 Å². The second kappa shape index (κ2) is 10.5. The molecule has 0 heterocycles. The van der Waals surface area contributed by atoms with Gasteiger partial charge in [-0.25, -0.2) is 0 Å². The number of unbranched alkanes of at least 4 members (excludes halogenated alkanes) is 1. The van der Waals surface area contributed by atoms with E-state index in [1.807, 2.05) is 20.8 Å². The zero-order chi connectivity index (χ0) is 14.7. The molecule has 0 saturated heterocycles. The largest absolute Gasteiger partial charge is 0.500 e. The second-order valence-corrected chi connectivity index (χ2v) is 7.83. The molecule has 1 aliphatic carbocycles. The molecule has 1 rings (SSSR count). The van der Waals surface area contributed by atoms with Crippen molar-refractivity contribution in [2.75, 3.05) is 26.4 Å². The summed E-state index contributed by atoms with van der Waals surface area (Å²) < 4.78 is 17.5. The van der Waals surface area contributed by atoms with Crippen LogP contribution in [-0.4, -0.2) is 40.9 Å². The quantitative estimate of drug-likeness (QED) is 0.430. The Morgan fingerprint density at radius 3 is 1.95 bits per heavy atom. The van der Waals surface area contributed by atoms with Crippen molar-refractivity contribution in [3.05, 3.63) is 0 Å². The first kappa shape index (κ1) is 17.8. The van der Waals surface area contributed by atoms with Crippen LogP contribution in [0.25, 0.3) is 0 Å². The summed E-state index contributed by atoms with van der Waals surface area (Å²) >= 11 is 0. The van der Waals surface area contributed by atoms with Crippen LogP contribution in [0.3, 0.4) is 0 Å². The molecule has 0 aromatic rings. The van der Waals surface area contributed by atoms with Crippen LogP contribution in [0.2, 0.25) is 6.04 Å². The summed E-state index contributed by atoms with van der Waals surface area (Å²) in [5, 5.41) is 0. The van der Waals surface area contributed by atoms with Crippen molar-refractivity contribution in [3.63, 3.8) is 0 Å². The number of hydrogen-bond acceptors (Lipinski definition) is 4. The van der Waals surface area contributed by atoms with E-state index in [0.29, 0.717) is 19.8 Å². The molecule has 0 atom stereocenters. The molecule has 1 saturated carbocycles. The molecule has 4 nitrogen and oxygen atoms in total. The Bertz CT molecular complexity index is 259. The molecule has 1 aliphatic rings. The maximum Gasteiger partial charge on any atom is 0.500 e. The van der Waals surface area contributed by atoms with Gasteiger partial charge in [0, 0.05) is 38.1 Å². The van der Waals surface area contributed by atoms with Crippen molar-refractivity contribution < 1.29 is 13.3 Å². The van der Waals surface area contributed by atoms with Crippen LogP contribution in [-0.2, 0) is 13.3 Å². The van der Waals surface area contributed by atoms with Gasteiger partial charge in [0.15, 0.2) is 0 Å². The lowest BCUT2D eigenvalue weighted by Crippen LogP contribution is -2.45. The topological polar surface area (TPSA) is 40.0 Å². The minimum Gasteiger partial charge on any atom is -0.374 e. The van der Waals surface area contributed by atoms with E-state index in [9.17, 15) is 0 Å². The Kier molecular flexibility index (Phi) is 9.34. The molecule has 20 heavy (non-hydrogen) atoms. The Morgan fingerprint density at radius 2 is 1.45 bits per heavy atom. The van der Waals surface area contributed by atoms with Crippen LogP contribution in [0, 0.1) is 0 Å². The summed E-state index contributed by atoms with van der Waals surface area (Å²) in [6, 6.07) is 0.910. The molecule has 5 heteroatoms. The average molecular weight is 302 g/mol. The summed E-state index contributed by atoms with van der Waals surface area (Å²) in [6.45, 7) is 8.95. The standard InChI is InChI=1S/C15H31NO3Si/c1-4-17-20(18-5-2,19-6-3)14-10-9-13-16-15-11-7-8-12-15/h4-14H2,1-3H3. The average Bonchev–Trinajstić information content (AvgIpc) is 2.92. The first-order valence-corrected chi connectivity index (χ1v) is 10.1. The highest BCUT2D eigenvalue weighted by Crippen LogP contribution is 2.20. The third kappa shape index (κ3) is 6.48. The Hall–Kier alpha value is -0.233. The predicted octanol–water partition coefficient (Wildman–Crippen LogP) is 3.83. The lowest BCUT2D eigenvalue weighted by molar-refractivity contribution is 0.0707. The maximum absolute atomic E-state index is 5.85. The van der Waals surface area contributed by atoms with Gasteiger partial charge in [0.2, 0.25) is 0 Å². The Balaban J connectivity index is 2.30. The second-order valence-electron chi connectivity index (χ2n) is 5.09. The third-order valence-electron chi connectivity index (χ3n) is 3.50. The third-order valence-corrected chi connectivity index (χ3v) is 6.65. The van der Waals surface area contributed by atoms with Crippen LogP contribution >= 0.6 is 0 Å². The van der Waals surface area contributed by atoms with Gasteiger partial charge in [0.25, 0.3) is 0 Å². The summed E-state index contributed by atoms with van der Waals surface area (Å²) in [5.74, 6) is 0. The lowest BCUT2D eigenvalue weighted by Gasteiger charge is -2.28. The first-order valence-electron chi connectivity index (χ1n) is 8.20. The Morgan fingerprint density at radius 1 is 0.900 bits per heavy atom. The number of aliphatic imine (C=N–C) groups is 1. The molecule has 0 aliphatic heterocycles. The lowest BCUT2D eigenvalue weighted by atomic mass is 10.3. The summed E-state index contributed by atoms with van der Waals surface area (Å²) in [4.78, 5) is 4.69. The first-order chi connectivity index (χ1) is 9.76. The fourth-order valence-corrected chi connectivity index (χ4v) is 5.32. The van der Waals surface area contributed by atoms with Crippen LogP contribution in [0.1, 0.15) is 59.3 Å². The molecule has 0 N–H and O–H groups in total. The van der Waals surface area contributed by atoms with E-state index < -0.39 is 8.80 Å². The van der Waals surface area contributed by atoms with E-state index in [1.165, 1.54) is 31.4 Å². The summed E-state index contributed by atoms with van der Waals surface area (Å²) in [7, 11) is -2.43. The highest BCUT2D eigenvalue weighted by atomic mass is 28.4. The minimum atomic E-state index is -2.43. The highest BCUT2D eigenvalue weighted by molar-refractivity contribution is 6.60. The molecule has 118 valence electrons. The van der Waals surface area contributed by atoms with Crippen molar-refractivity contribution in [3.8, 4) is 0 Å². The van der Waals surface area contributed by atoms with Crippen molar-refractivity contribution in [2.45, 2.75) is 65.3 Å². The minimum absolute atomic E-state index is 0.661. The summed E-state index contributed by atoms with van der Waals surface area (Å²) in [5.41, 5.74) is 1.42. The molecule has 0 spiro atoms. The normalized spacial score (nSPS) is 15.8. The Labute approximate surface area is 125 Å². The van der Waals surface area contributed by atoms with Gasteiger partial charge in [-0.3, -0.25) is 4.99 Å². The molecule has 0 aromatic heterocycles. The van der Waals surface area contributed by atoms with E-state index in [-0.39, 0.29) is 0 Å². The van der Waals surface area contributed by atoms with Crippen molar-refractivity contribution in [2.24, 2.45) is 4.99 Å². The van der Waals surface area contributed by atoms with Crippen molar-refractivity contribution in [1.82, 2.24) is 0 Å². The molecular weight excluding hydrogens is 270 g/mol. The molecule has 0 radical (unpaired) electrons. The zero-order valence-electron chi connectivity index (χ0n) is 13.5. The van der Waals surface area contributed by atoms with Crippen LogP contribution in [0.15, 0.2) is 4.99 Å². The number of nitrogens with zero attached hydrogens (tertiary/aromatic N) is 1. The SMILES string of the molecule is CCO[Si](CCCCN=C1CCCC1)(OCC)OCC. The predicted molar refractivity (Wildman–Crippen MR) is 85.4 cm³/mol. The monoisotopic (exact) mass is 301 g/mol. The smallest absolute Gasteiger partial charge is 0.374 e. The van der Waals surface area contributed by atoms with Gasteiger partial charge in [-0.05, 0) is 59.3 Å². The molecule has 1 fully saturated rings. The fourth-order valence-electron chi connectivity index (χ4n) is 2.63. The summed E-state index contributed by atoms with van der Waals surface area (Å²) in [6.07, 6.45) is 7.27. The molecule has 0 aromatic carbocycles. The van der Waals surface area contributed by atoms with E-state index in [4.69, 9.17) is 18.3 Å². The van der Waals surface area contributed by atoms with Gasteiger partial charge in [0.1, 0.15) is 0 Å². The van der Waals surface area contributed by atoms with Gasteiger partial charge in [-0.15, -0.1) is 0 Å². The molecule has 0 unspecified atom stereocenters. The number of rotatable bonds is 11.